The van der Waals surface area contributed by atoms with E-state index in [0.717, 1.165) is 20.9 Å². The van der Waals surface area contributed by atoms with Crippen molar-refractivity contribution in [3.8, 4) is 0 Å². The third-order valence-corrected chi connectivity index (χ3v) is 9.32. The standard InChI is InChI=1S/C37H48N6O5S2/c1-26(48-37(2,3)4)33(42-35(45)43(5)22-31-20-38-24-49-31)34(44)40-29(18-27-12-8-6-9-13-27)16-17-30(19-28-14-10-7-11-15-28)41-36(46)47-23-32-21-39-25-50-32/h6-15,20-21,24-26,29-30,33H,16-19,22-23H2,1-5H3,(H,40,44)(H,41,46)(H,42,45)/t26?,29-,30-,33+/m1/s1. The Morgan fingerprint density at radius 2 is 1.34 bits per heavy atom. The number of aromatic nitrogens is 2. The van der Waals surface area contributed by atoms with Crippen LogP contribution >= 0.6 is 22.7 Å². The molecule has 4 amide bonds. The van der Waals surface area contributed by atoms with Gasteiger partial charge in [0.1, 0.15) is 12.6 Å². The van der Waals surface area contributed by atoms with E-state index in [1.54, 1.807) is 37.4 Å². The van der Waals surface area contributed by atoms with Crippen molar-refractivity contribution in [2.45, 2.75) is 96.4 Å². The first kappa shape index (κ1) is 38.5. The van der Waals surface area contributed by atoms with Crippen molar-refractivity contribution in [2.75, 3.05) is 7.05 Å². The predicted octanol–water partition coefficient (Wildman–Crippen LogP) is 6.36. The van der Waals surface area contributed by atoms with Crippen molar-refractivity contribution in [1.29, 1.82) is 0 Å². The van der Waals surface area contributed by atoms with E-state index in [1.807, 2.05) is 81.4 Å². The molecule has 1 unspecified atom stereocenters. The highest BCUT2D eigenvalue weighted by molar-refractivity contribution is 7.09. The summed E-state index contributed by atoms with van der Waals surface area (Å²) in [6.45, 7) is 8.04. The molecule has 4 aromatic rings. The third-order valence-electron chi connectivity index (χ3n) is 7.80. The summed E-state index contributed by atoms with van der Waals surface area (Å²) >= 11 is 2.88. The van der Waals surface area contributed by atoms with E-state index in [-0.39, 0.29) is 24.6 Å². The van der Waals surface area contributed by atoms with Crippen LogP contribution in [0.15, 0.2) is 84.1 Å². The van der Waals surface area contributed by atoms with Crippen molar-refractivity contribution in [2.24, 2.45) is 0 Å². The lowest BCUT2D eigenvalue weighted by Gasteiger charge is -2.33. The summed E-state index contributed by atoms with van der Waals surface area (Å²) in [5.74, 6) is -0.348. The van der Waals surface area contributed by atoms with Crippen LogP contribution in [0.1, 0.15) is 61.4 Å². The maximum atomic E-state index is 14.1. The molecule has 0 bridgehead atoms. The highest BCUT2D eigenvalue weighted by atomic mass is 32.1. The number of ether oxygens (including phenoxy) is 2. The minimum atomic E-state index is -0.969. The molecular formula is C37H48N6O5S2. The van der Waals surface area contributed by atoms with Gasteiger partial charge < -0.3 is 30.3 Å². The number of carbonyl (C=O) groups is 3. The molecule has 0 aliphatic rings. The van der Waals surface area contributed by atoms with E-state index in [9.17, 15) is 14.4 Å². The van der Waals surface area contributed by atoms with Crippen molar-refractivity contribution in [1.82, 2.24) is 30.8 Å². The minimum absolute atomic E-state index is 0.141. The Morgan fingerprint density at radius 1 is 0.800 bits per heavy atom. The van der Waals surface area contributed by atoms with E-state index in [1.165, 1.54) is 27.6 Å². The van der Waals surface area contributed by atoms with Gasteiger partial charge >= 0.3 is 12.1 Å². The molecule has 0 spiro atoms. The van der Waals surface area contributed by atoms with E-state index in [4.69, 9.17) is 9.47 Å². The summed E-state index contributed by atoms with van der Waals surface area (Å²) in [7, 11) is 1.68. The van der Waals surface area contributed by atoms with Crippen LogP contribution in [0.5, 0.6) is 0 Å². The van der Waals surface area contributed by atoms with Crippen LogP contribution in [0.4, 0.5) is 9.59 Å². The van der Waals surface area contributed by atoms with Crippen LogP contribution in [0, 0.1) is 0 Å². The molecule has 0 fully saturated rings. The Balaban J connectivity index is 1.50. The van der Waals surface area contributed by atoms with E-state index < -0.39 is 29.9 Å². The van der Waals surface area contributed by atoms with Gasteiger partial charge in [0, 0.05) is 36.4 Å². The molecule has 4 atom stereocenters. The molecule has 0 aliphatic carbocycles. The zero-order chi connectivity index (χ0) is 35.9. The fraction of sp³-hybridized carbons (Fsp3) is 0.432. The van der Waals surface area contributed by atoms with Crippen LogP contribution in [0.3, 0.4) is 0 Å². The molecule has 0 saturated heterocycles. The van der Waals surface area contributed by atoms with Gasteiger partial charge in [-0.1, -0.05) is 60.7 Å². The smallest absolute Gasteiger partial charge is 0.407 e. The van der Waals surface area contributed by atoms with Crippen molar-refractivity contribution >= 4 is 40.7 Å². The number of nitrogens with zero attached hydrogens (tertiary/aromatic N) is 3. The average molecular weight is 721 g/mol. The van der Waals surface area contributed by atoms with Crippen LogP contribution in [0.25, 0.3) is 0 Å². The van der Waals surface area contributed by atoms with Gasteiger partial charge in [0.2, 0.25) is 5.91 Å². The molecule has 11 nitrogen and oxygen atoms in total. The van der Waals surface area contributed by atoms with Crippen molar-refractivity contribution in [3.05, 3.63) is 105 Å². The van der Waals surface area contributed by atoms with Crippen LogP contribution in [0.2, 0.25) is 0 Å². The van der Waals surface area contributed by atoms with E-state index in [0.29, 0.717) is 32.2 Å². The second-order valence-electron chi connectivity index (χ2n) is 13.2. The van der Waals surface area contributed by atoms with Gasteiger partial charge in [-0.15, -0.1) is 22.7 Å². The summed E-state index contributed by atoms with van der Waals surface area (Å²) < 4.78 is 11.7. The molecular weight excluding hydrogens is 673 g/mol. The Morgan fingerprint density at radius 3 is 1.86 bits per heavy atom. The highest BCUT2D eigenvalue weighted by Crippen LogP contribution is 2.17. The maximum Gasteiger partial charge on any atom is 0.407 e. The number of carbonyl (C=O) groups excluding carboxylic acids is 3. The van der Waals surface area contributed by atoms with E-state index in [2.05, 4.69) is 25.9 Å². The number of thiazole rings is 2. The number of benzene rings is 2. The van der Waals surface area contributed by atoms with Gasteiger partial charge in [0.05, 0.1) is 34.1 Å². The SMILES string of the molecule is CC(OC(C)(C)C)[C@H](NC(=O)N(C)Cc1cncs1)C(=O)N[C@H](CC[C@H](Cc1ccccc1)NC(=O)OCc1cncs1)Cc1ccccc1. The van der Waals surface area contributed by atoms with E-state index >= 15 is 0 Å². The Hall–Kier alpha value is -4.33. The Labute approximate surface area is 302 Å². The monoisotopic (exact) mass is 720 g/mol. The lowest BCUT2D eigenvalue weighted by molar-refractivity contribution is -0.131. The molecule has 2 aromatic carbocycles. The van der Waals surface area contributed by atoms with Crippen LogP contribution in [-0.2, 0) is 40.3 Å². The average Bonchev–Trinajstić information content (AvgIpc) is 3.80. The van der Waals surface area contributed by atoms with Gasteiger partial charge in [-0.05, 0) is 64.5 Å². The van der Waals surface area contributed by atoms with Crippen molar-refractivity contribution in [3.63, 3.8) is 0 Å². The summed E-state index contributed by atoms with van der Waals surface area (Å²) in [5.41, 5.74) is 4.99. The molecule has 50 heavy (non-hydrogen) atoms. The third kappa shape index (κ3) is 13.5. The number of urea groups is 1. The highest BCUT2D eigenvalue weighted by Gasteiger charge is 2.33. The molecule has 0 saturated carbocycles. The summed E-state index contributed by atoms with van der Waals surface area (Å²) in [4.78, 5) is 51.8. The number of hydrogen-bond donors (Lipinski definition) is 3. The van der Waals surface area contributed by atoms with Crippen molar-refractivity contribution < 1.29 is 23.9 Å². The summed E-state index contributed by atoms with van der Waals surface area (Å²) in [6, 6.07) is 17.9. The normalized spacial score (nSPS) is 13.8. The maximum absolute atomic E-state index is 14.1. The molecule has 2 aromatic heterocycles. The van der Waals surface area contributed by atoms with Gasteiger partial charge in [-0.25, -0.2) is 9.59 Å². The Kier molecular flexibility index (Phi) is 14.7. The fourth-order valence-electron chi connectivity index (χ4n) is 5.49. The number of amides is 4. The first-order valence-electron chi connectivity index (χ1n) is 16.7. The molecule has 2 heterocycles. The largest absolute Gasteiger partial charge is 0.444 e. The van der Waals surface area contributed by atoms with Gasteiger partial charge in [0.15, 0.2) is 0 Å². The van der Waals surface area contributed by atoms with Gasteiger partial charge in [0.25, 0.3) is 0 Å². The first-order valence-corrected chi connectivity index (χ1v) is 18.5. The molecule has 4 rings (SSSR count). The molecule has 0 radical (unpaired) electrons. The zero-order valence-electron chi connectivity index (χ0n) is 29.3. The quantitative estimate of drug-likeness (QED) is 0.116. The molecule has 3 N–H and O–H groups in total. The topological polar surface area (TPSA) is 135 Å². The summed E-state index contributed by atoms with van der Waals surface area (Å²) in [5, 5.41) is 9.20. The Bertz CT molecular complexity index is 1580. The molecule has 0 aliphatic heterocycles. The second kappa shape index (κ2) is 19.2. The summed E-state index contributed by atoms with van der Waals surface area (Å²) in [6.07, 6.45) is 4.51. The fourth-order valence-corrected chi connectivity index (χ4v) is 6.64. The number of alkyl carbamates (subject to hydrolysis) is 1. The number of rotatable bonds is 17. The first-order chi connectivity index (χ1) is 23.9. The number of nitrogens with one attached hydrogen (secondary N) is 3. The van der Waals surface area contributed by atoms with Gasteiger partial charge in [-0.3, -0.25) is 14.8 Å². The lowest BCUT2D eigenvalue weighted by atomic mass is 9.95. The lowest BCUT2D eigenvalue weighted by Crippen LogP contribution is -2.58. The van der Waals surface area contributed by atoms with Gasteiger partial charge in [-0.2, -0.15) is 0 Å². The molecule has 13 heteroatoms. The van der Waals surface area contributed by atoms with Crippen LogP contribution in [-0.4, -0.2) is 69.8 Å². The van der Waals surface area contributed by atoms with Crippen LogP contribution < -0.4 is 16.0 Å². The predicted molar refractivity (Wildman–Crippen MR) is 197 cm³/mol. The zero-order valence-corrected chi connectivity index (χ0v) is 31.0. The number of hydrogen-bond acceptors (Lipinski definition) is 9. The minimum Gasteiger partial charge on any atom is -0.444 e. The second-order valence-corrected chi connectivity index (χ2v) is 15.2. The molecule has 268 valence electrons.